The number of aliphatic hydroxyl groups is 1. The average molecular weight is 233 g/mol. The zero-order valence-electron chi connectivity index (χ0n) is 9.99. The van der Waals surface area contributed by atoms with Gasteiger partial charge in [-0.25, -0.2) is 4.79 Å². The van der Waals surface area contributed by atoms with Crippen LogP contribution in [0.1, 0.15) is 40.9 Å². The molecule has 0 aliphatic heterocycles. The van der Waals surface area contributed by atoms with Crippen LogP contribution >= 0.6 is 0 Å². The molecule has 90 valence electrons. The molecule has 0 aliphatic rings. The van der Waals surface area contributed by atoms with E-state index in [1.54, 1.807) is 13.0 Å². The van der Waals surface area contributed by atoms with Gasteiger partial charge in [0.05, 0.1) is 30.4 Å². The number of carbonyl (C=O) groups excluding carboxylic acids is 1. The van der Waals surface area contributed by atoms with Crippen molar-refractivity contribution in [2.24, 2.45) is 0 Å². The first-order valence-electron chi connectivity index (χ1n) is 5.52. The van der Waals surface area contributed by atoms with Gasteiger partial charge in [-0.2, -0.15) is 5.26 Å². The minimum Gasteiger partial charge on any atom is -0.462 e. The molecule has 0 atom stereocenters. The first-order chi connectivity index (χ1) is 8.19. The number of benzene rings is 1. The number of nitriles is 1. The molecule has 1 rings (SSSR count). The molecule has 4 nitrogen and oxygen atoms in total. The van der Waals surface area contributed by atoms with Gasteiger partial charge in [-0.1, -0.05) is 6.92 Å². The summed E-state index contributed by atoms with van der Waals surface area (Å²) in [5.41, 5.74) is 2.03. The van der Waals surface area contributed by atoms with Crippen molar-refractivity contribution in [3.05, 3.63) is 34.4 Å². The lowest BCUT2D eigenvalue weighted by atomic mass is 9.95. The van der Waals surface area contributed by atoms with Crippen LogP contribution < -0.4 is 0 Å². The van der Waals surface area contributed by atoms with Gasteiger partial charge in [0.2, 0.25) is 0 Å². The van der Waals surface area contributed by atoms with E-state index in [1.807, 2.05) is 6.92 Å². The molecule has 0 amide bonds. The molecule has 1 aromatic rings. The summed E-state index contributed by atoms with van der Waals surface area (Å²) in [6.07, 6.45) is 0.589. The molecule has 1 N–H and O–H groups in total. The van der Waals surface area contributed by atoms with Crippen LogP contribution in [0.15, 0.2) is 12.1 Å². The van der Waals surface area contributed by atoms with Gasteiger partial charge < -0.3 is 9.84 Å². The van der Waals surface area contributed by atoms with Gasteiger partial charge in [0.25, 0.3) is 0 Å². The maximum absolute atomic E-state index is 11.7. The van der Waals surface area contributed by atoms with E-state index in [0.717, 1.165) is 0 Å². The van der Waals surface area contributed by atoms with Crippen molar-refractivity contribution in [1.82, 2.24) is 0 Å². The van der Waals surface area contributed by atoms with Crippen molar-refractivity contribution in [2.75, 3.05) is 6.61 Å². The lowest BCUT2D eigenvalue weighted by molar-refractivity contribution is 0.0522. The molecule has 17 heavy (non-hydrogen) atoms. The highest BCUT2D eigenvalue weighted by Gasteiger charge is 2.17. The molecular formula is C13H15NO3. The maximum Gasteiger partial charge on any atom is 0.338 e. The van der Waals surface area contributed by atoms with Gasteiger partial charge in [-0.05, 0) is 36.6 Å². The van der Waals surface area contributed by atoms with Crippen LogP contribution in [0.3, 0.4) is 0 Å². The van der Waals surface area contributed by atoms with E-state index in [0.29, 0.717) is 28.7 Å². The number of carbonyl (C=O) groups is 1. The van der Waals surface area contributed by atoms with E-state index in [1.165, 1.54) is 6.07 Å². The van der Waals surface area contributed by atoms with Crippen molar-refractivity contribution in [1.29, 1.82) is 5.26 Å². The van der Waals surface area contributed by atoms with E-state index in [4.69, 9.17) is 10.00 Å². The van der Waals surface area contributed by atoms with Gasteiger partial charge in [-0.3, -0.25) is 0 Å². The van der Waals surface area contributed by atoms with Crippen molar-refractivity contribution < 1.29 is 14.6 Å². The fourth-order valence-electron chi connectivity index (χ4n) is 1.78. The Hall–Kier alpha value is -1.86. The molecule has 0 fully saturated rings. The van der Waals surface area contributed by atoms with E-state index in [2.05, 4.69) is 6.07 Å². The Morgan fingerprint density at radius 1 is 1.41 bits per heavy atom. The third-order valence-corrected chi connectivity index (χ3v) is 2.56. The Morgan fingerprint density at radius 3 is 2.59 bits per heavy atom. The minimum absolute atomic E-state index is 0.271. The lowest BCUT2D eigenvalue weighted by Crippen LogP contribution is -2.11. The Morgan fingerprint density at radius 2 is 2.12 bits per heavy atom. The number of nitrogens with zero attached hydrogens (tertiary/aromatic N) is 1. The molecule has 0 unspecified atom stereocenters. The summed E-state index contributed by atoms with van der Waals surface area (Å²) in [5, 5.41) is 18.3. The predicted octanol–water partition coefficient (Wildman–Crippen LogP) is 1.79. The monoisotopic (exact) mass is 233 g/mol. The molecule has 1 aromatic carbocycles. The summed E-state index contributed by atoms with van der Waals surface area (Å²) in [4.78, 5) is 11.7. The van der Waals surface area contributed by atoms with E-state index in [9.17, 15) is 9.90 Å². The van der Waals surface area contributed by atoms with Crippen molar-refractivity contribution >= 4 is 5.97 Å². The fraction of sp³-hybridized carbons (Fsp3) is 0.385. The van der Waals surface area contributed by atoms with Crippen molar-refractivity contribution in [3.63, 3.8) is 0 Å². The number of hydrogen-bond acceptors (Lipinski definition) is 4. The molecule has 0 spiro atoms. The normalized spacial score (nSPS) is 9.76. The lowest BCUT2D eigenvalue weighted by Gasteiger charge is -2.12. The van der Waals surface area contributed by atoms with Crippen molar-refractivity contribution in [2.45, 2.75) is 26.9 Å². The molecule has 0 aromatic heterocycles. The topological polar surface area (TPSA) is 70.3 Å². The van der Waals surface area contributed by atoms with Crippen LogP contribution in [-0.2, 0) is 17.8 Å². The number of aliphatic hydroxyl groups excluding tert-OH is 1. The first kappa shape index (κ1) is 13.2. The van der Waals surface area contributed by atoms with Crippen LogP contribution in [-0.4, -0.2) is 17.7 Å². The van der Waals surface area contributed by atoms with Gasteiger partial charge in [0.1, 0.15) is 0 Å². The summed E-state index contributed by atoms with van der Waals surface area (Å²) in [6, 6.07) is 5.17. The number of hydrogen-bond donors (Lipinski definition) is 1. The van der Waals surface area contributed by atoms with E-state index in [-0.39, 0.29) is 13.2 Å². The summed E-state index contributed by atoms with van der Waals surface area (Å²) in [7, 11) is 0. The van der Waals surface area contributed by atoms with E-state index < -0.39 is 5.97 Å². The quantitative estimate of drug-likeness (QED) is 0.805. The van der Waals surface area contributed by atoms with Crippen LogP contribution in [0.5, 0.6) is 0 Å². The Bertz CT molecular complexity index is 460. The number of ether oxygens (including phenoxy) is 1. The second kappa shape index (κ2) is 6.02. The number of rotatable bonds is 4. The van der Waals surface area contributed by atoms with Crippen LogP contribution in [0, 0.1) is 11.3 Å². The molecule has 0 bridgehead atoms. The summed E-state index contributed by atoms with van der Waals surface area (Å²) >= 11 is 0. The number of esters is 1. The summed E-state index contributed by atoms with van der Waals surface area (Å²) in [5.74, 6) is -0.462. The Kier molecular flexibility index (Phi) is 4.68. The van der Waals surface area contributed by atoms with Crippen molar-refractivity contribution in [3.8, 4) is 6.07 Å². The van der Waals surface area contributed by atoms with Gasteiger partial charge >= 0.3 is 5.97 Å². The SMILES string of the molecule is CCOC(=O)c1ccc(C#N)c(CC)c1CO. The predicted molar refractivity (Wildman–Crippen MR) is 62.4 cm³/mol. The Balaban J connectivity index is 3.34. The molecule has 0 aliphatic carbocycles. The third kappa shape index (κ3) is 2.63. The van der Waals surface area contributed by atoms with Gasteiger partial charge in [-0.15, -0.1) is 0 Å². The second-order valence-electron chi connectivity index (χ2n) is 3.46. The van der Waals surface area contributed by atoms with E-state index >= 15 is 0 Å². The summed E-state index contributed by atoms with van der Waals surface area (Å²) < 4.78 is 4.91. The van der Waals surface area contributed by atoms with Crippen LogP contribution in [0.25, 0.3) is 0 Å². The van der Waals surface area contributed by atoms with Gasteiger partial charge in [0, 0.05) is 0 Å². The highest BCUT2D eigenvalue weighted by Crippen LogP contribution is 2.21. The molecule has 0 radical (unpaired) electrons. The largest absolute Gasteiger partial charge is 0.462 e. The summed E-state index contributed by atoms with van der Waals surface area (Å²) in [6.45, 7) is 3.61. The average Bonchev–Trinajstić information content (AvgIpc) is 2.36. The highest BCUT2D eigenvalue weighted by atomic mass is 16.5. The molecular weight excluding hydrogens is 218 g/mol. The third-order valence-electron chi connectivity index (χ3n) is 2.56. The molecule has 0 heterocycles. The zero-order chi connectivity index (χ0) is 12.8. The smallest absolute Gasteiger partial charge is 0.338 e. The molecule has 0 saturated carbocycles. The Labute approximate surface area is 100 Å². The van der Waals surface area contributed by atoms with Gasteiger partial charge in [0.15, 0.2) is 0 Å². The van der Waals surface area contributed by atoms with Crippen LogP contribution in [0.4, 0.5) is 0 Å². The molecule has 0 saturated heterocycles. The molecule has 4 heteroatoms. The second-order valence-corrected chi connectivity index (χ2v) is 3.46. The highest BCUT2D eigenvalue weighted by molar-refractivity contribution is 5.91. The fourth-order valence-corrected chi connectivity index (χ4v) is 1.78. The zero-order valence-corrected chi connectivity index (χ0v) is 9.99. The standard InChI is InChI=1S/C13H15NO3/c1-3-10-9(7-14)5-6-11(12(10)8-15)13(16)17-4-2/h5-6,15H,3-4,8H2,1-2H3. The maximum atomic E-state index is 11.7. The minimum atomic E-state index is -0.462. The first-order valence-corrected chi connectivity index (χ1v) is 5.52. The van der Waals surface area contributed by atoms with Crippen LogP contribution in [0.2, 0.25) is 0 Å².